The highest BCUT2D eigenvalue weighted by Gasteiger charge is 2.27. The van der Waals surface area contributed by atoms with Crippen LogP contribution in [0.5, 0.6) is 5.75 Å². The molecule has 2 heterocycles. The highest BCUT2D eigenvalue weighted by Crippen LogP contribution is 2.34. The first-order valence-electron chi connectivity index (χ1n) is 7.01. The molecule has 2 atom stereocenters. The number of hydrogen-bond acceptors (Lipinski definition) is 6. The van der Waals surface area contributed by atoms with Gasteiger partial charge in [0.1, 0.15) is 5.75 Å². The van der Waals surface area contributed by atoms with Gasteiger partial charge in [0.2, 0.25) is 0 Å². The number of aromatic nitrogens is 4. The second kappa shape index (κ2) is 5.69. The Kier molecular flexibility index (Phi) is 3.74. The Bertz CT molecular complexity index is 628. The van der Waals surface area contributed by atoms with Crippen molar-refractivity contribution in [3.05, 3.63) is 18.2 Å². The predicted molar refractivity (Wildman–Crippen MR) is 77.7 cm³/mol. The molecule has 1 aliphatic rings. The van der Waals surface area contributed by atoms with Crippen LogP contribution in [-0.2, 0) is 11.3 Å². The molecule has 2 N–H and O–H groups in total. The fourth-order valence-corrected chi connectivity index (χ4v) is 2.70. The number of nitrogens with zero attached hydrogens (tertiary/aromatic N) is 4. The molecule has 2 unspecified atom stereocenters. The number of hydrogen-bond donors (Lipinski definition) is 1. The number of tetrazole rings is 1. The minimum Gasteiger partial charge on any atom is -0.496 e. The molecule has 1 aliphatic heterocycles. The van der Waals surface area contributed by atoms with Gasteiger partial charge in [-0.1, -0.05) is 6.07 Å². The summed E-state index contributed by atoms with van der Waals surface area (Å²) in [5, 5.41) is 12.0. The van der Waals surface area contributed by atoms with Crippen molar-refractivity contribution >= 4 is 5.69 Å². The number of nitrogen functional groups attached to an aromatic ring is 1. The zero-order valence-electron chi connectivity index (χ0n) is 12.2. The summed E-state index contributed by atoms with van der Waals surface area (Å²) in [5.74, 6) is 1.70. The van der Waals surface area contributed by atoms with Crippen molar-refractivity contribution in [1.82, 2.24) is 20.2 Å². The van der Waals surface area contributed by atoms with Crippen molar-refractivity contribution in [2.24, 2.45) is 5.92 Å². The number of rotatable bonds is 4. The third-order valence-electron chi connectivity index (χ3n) is 3.97. The molecule has 112 valence electrons. The zero-order valence-corrected chi connectivity index (χ0v) is 12.2. The number of benzene rings is 1. The molecule has 1 fully saturated rings. The van der Waals surface area contributed by atoms with Gasteiger partial charge in [0, 0.05) is 18.2 Å². The number of ether oxygens (including phenoxy) is 2. The fraction of sp³-hybridized carbons (Fsp3) is 0.500. The van der Waals surface area contributed by atoms with Crippen molar-refractivity contribution in [3.63, 3.8) is 0 Å². The zero-order chi connectivity index (χ0) is 14.8. The SMILES string of the molecule is COc1cccc(N)c1-c1nnnn1CC1CCOC1C. The normalized spacial score (nSPS) is 21.6. The molecular formula is C14H19N5O2. The minimum absolute atomic E-state index is 0.220. The molecule has 7 nitrogen and oxygen atoms in total. The summed E-state index contributed by atoms with van der Waals surface area (Å²) in [6.07, 6.45) is 1.24. The van der Waals surface area contributed by atoms with Gasteiger partial charge in [-0.3, -0.25) is 0 Å². The molecule has 2 aromatic rings. The van der Waals surface area contributed by atoms with Gasteiger partial charge >= 0.3 is 0 Å². The summed E-state index contributed by atoms with van der Waals surface area (Å²) in [7, 11) is 1.61. The maximum absolute atomic E-state index is 6.08. The van der Waals surface area contributed by atoms with E-state index in [1.165, 1.54) is 0 Å². The van der Waals surface area contributed by atoms with E-state index in [4.69, 9.17) is 15.2 Å². The second-order valence-corrected chi connectivity index (χ2v) is 5.23. The van der Waals surface area contributed by atoms with Crippen LogP contribution in [0.3, 0.4) is 0 Å². The van der Waals surface area contributed by atoms with Crippen LogP contribution >= 0.6 is 0 Å². The lowest BCUT2D eigenvalue weighted by Crippen LogP contribution is -2.19. The first-order chi connectivity index (χ1) is 10.2. The van der Waals surface area contributed by atoms with Crippen LogP contribution in [0.2, 0.25) is 0 Å². The van der Waals surface area contributed by atoms with Crippen LogP contribution in [0.25, 0.3) is 11.4 Å². The van der Waals surface area contributed by atoms with Crippen molar-refractivity contribution in [1.29, 1.82) is 0 Å². The van der Waals surface area contributed by atoms with Crippen molar-refractivity contribution < 1.29 is 9.47 Å². The van der Waals surface area contributed by atoms with E-state index in [1.807, 2.05) is 18.2 Å². The lowest BCUT2D eigenvalue weighted by molar-refractivity contribution is 0.101. The summed E-state index contributed by atoms with van der Waals surface area (Å²) in [6, 6.07) is 5.52. The van der Waals surface area contributed by atoms with Crippen molar-refractivity contribution in [3.8, 4) is 17.1 Å². The lowest BCUT2D eigenvalue weighted by atomic mass is 10.0. The topological polar surface area (TPSA) is 88.1 Å². The molecule has 0 amide bonds. The quantitative estimate of drug-likeness (QED) is 0.855. The summed E-state index contributed by atoms with van der Waals surface area (Å²) in [6.45, 7) is 3.58. The van der Waals surface area contributed by atoms with Gasteiger partial charge in [-0.05, 0) is 35.9 Å². The van der Waals surface area contributed by atoms with Crippen LogP contribution < -0.4 is 10.5 Å². The molecule has 1 aromatic heterocycles. The number of methoxy groups -OCH3 is 1. The van der Waals surface area contributed by atoms with Gasteiger partial charge in [-0.15, -0.1) is 5.10 Å². The molecule has 0 saturated carbocycles. The summed E-state index contributed by atoms with van der Waals surface area (Å²) >= 11 is 0. The monoisotopic (exact) mass is 289 g/mol. The number of anilines is 1. The summed E-state index contributed by atoms with van der Waals surface area (Å²) in [4.78, 5) is 0. The van der Waals surface area contributed by atoms with E-state index < -0.39 is 0 Å². The van der Waals surface area contributed by atoms with Gasteiger partial charge in [0.05, 0.1) is 25.3 Å². The van der Waals surface area contributed by atoms with E-state index in [-0.39, 0.29) is 6.10 Å². The summed E-state index contributed by atoms with van der Waals surface area (Å²) < 4.78 is 12.8. The average molecular weight is 289 g/mol. The third-order valence-corrected chi connectivity index (χ3v) is 3.97. The van der Waals surface area contributed by atoms with Gasteiger partial charge in [-0.25, -0.2) is 4.68 Å². The van der Waals surface area contributed by atoms with E-state index >= 15 is 0 Å². The Balaban J connectivity index is 1.96. The van der Waals surface area contributed by atoms with Crippen molar-refractivity contribution in [2.45, 2.75) is 26.0 Å². The van der Waals surface area contributed by atoms with Gasteiger partial charge in [-0.2, -0.15) is 0 Å². The number of nitrogens with two attached hydrogens (primary N) is 1. The van der Waals surface area contributed by atoms with Gasteiger partial charge < -0.3 is 15.2 Å². The molecule has 1 saturated heterocycles. The van der Waals surface area contributed by atoms with Gasteiger partial charge in [0.25, 0.3) is 0 Å². The smallest absolute Gasteiger partial charge is 0.187 e. The predicted octanol–water partition coefficient (Wildman–Crippen LogP) is 1.36. The maximum atomic E-state index is 6.08. The van der Waals surface area contributed by atoms with Crippen LogP contribution in [0.15, 0.2) is 18.2 Å². The molecule has 0 radical (unpaired) electrons. The molecule has 3 rings (SSSR count). The fourth-order valence-electron chi connectivity index (χ4n) is 2.70. The molecule has 21 heavy (non-hydrogen) atoms. The van der Waals surface area contributed by atoms with E-state index in [9.17, 15) is 0 Å². The average Bonchev–Trinajstić information content (AvgIpc) is 3.09. The van der Waals surface area contributed by atoms with E-state index in [0.717, 1.165) is 18.6 Å². The van der Waals surface area contributed by atoms with Crippen LogP contribution in [0.1, 0.15) is 13.3 Å². The van der Waals surface area contributed by atoms with Crippen LogP contribution in [-0.4, -0.2) is 40.0 Å². The maximum Gasteiger partial charge on any atom is 0.187 e. The van der Waals surface area contributed by atoms with Crippen molar-refractivity contribution in [2.75, 3.05) is 19.5 Å². The minimum atomic E-state index is 0.220. The first-order valence-corrected chi connectivity index (χ1v) is 7.01. The summed E-state index contributed by atoms with van der Waals surface area (Å²) in [5.41, 5.74) is 7.41. The Hall–Kier alpha value is -2.15. The highest BCUT2D eigenvalue weighted by molar-refractivity contribution is 5.77. The standard InChI is InChI=1S/C14H19N5O2/c1-9-10(6-7-21-9)8-19-14(16-17-18-19)13-11(15)4-3-5-12(13)20-2/h3-5,9-10H,6-8,15H2,1-2H3. The van der Waals surface area contributed by atoms with Crippen LogP contribution in [0, 0.1) is 5.92 Å². The Morgan fingerprint density at radius 2 is 2.33 bits per heavy atom. The highest BCUT2D eigenvalue weighted by atomic mass is 16.5. The van der Waals surface area contributed by atoms with E-state index in [2.05, 4.69) is 22.4 Å². The van der Waals surface area contributed by atoms with Crippen LogP contribution in [0.4, 0.5) is 5.69 Å². The molecular weight excluding hydrogens is 270 g/mol. The Morgan fingerprint density at radius 1 is 1.48 bits per heavy atom. The lowest BCUT2D eigenvalue weighted by Gasteiger charge is -2.15. The molecule has 1 aromatic carbocycles. The van der Waals surface area contributed by atoms with Gasteiger partial charge in [0.15, 0.2) is 5.82 Å². The third kappa shape index (κ3) is 2.56. The molecule has 0 aliphatic carbocycles. The second-order valence-electron chi connectivity index (χ2n) is 5.23. The molecule has 7 heteroatoms. The Morgan fingerprint density at radius 3 is 3.05 bits per heavy atom. The Labute approximate surface area is 123 Å². The molecule has 0 spiro atoms. The first kappa shape index (κ1) is 13.8. The molecule has 0 bridgehead atoms. The van der Waals surface area contributed by atoms with E-state index in [1.54, 1.807) is 11.8 Å². The largest absolute Gasteiger partial charge is 0.496 e. The van der Waals surface area contributed by atoms with E-state index in [0.29, 0.717) is 29.7 Å².